The topological polar surface area (TPSA) is 52.6 Å². The molecular formula is C17H16O4. The summed E-state index contributed by atoms with van der Waals surface area (Å²) in [6, 6.07) is 17.8. The minimum Gasteiger partial charge on any atom is -0.468 e. The van der Waals surface area contributed by atoms with Gasteiger partial charge in [-0.2, -0.15) is 0 Å². The summed E-state index contributed by atoms with van der Waals surface area (Å²) in [4.78, 5) is 23.8. The van der Waals surface area contributed by atoms with Crippen molar-refractivity contribution in [1.29, 1.82) is 0 Å². The van der Waals surface area contributed by atoms with Crippen molar-refractivity contribution in [2.24, 2.45) is 0 Å². The van der Waals surface area contributed by atoms with E-state index in [4.69, 9.17) is 9.47 Å². The number of hydrogen-bond acceptors (Lipinski definition) is 4. The summed E-state index contributed by atoms with van der Waals surface area (Å²) in [5.41, 5.74) is 1.21. The van der Waals surface area contributed by atoms with E-state index in [9.17, 15) is 9.59 Å². The lowest BCUT2D eigenvalue weighted by Gasteiger charge is -2.15. The predicted molar refractivity (Wildman–Crippen MR) is 77.9 cm³/mol. The SMILES string of the molecule is COC(=O)C(COC(=O)c1ccccc1)c1ccccc1. The molecule has 0 aliphatic rings. The molecule has 2 aromatic carbocycles. The number of carbonyl (C=O) groups is 2. The van der Waals surface area contributed by atoms with Gasteiger partial charge in [0.05, 0.1) is 12.7 Å². The molecule has 1 atom stereocenters. The second-order valence-corrected chi connectivity index (χ2v) is 4.45. The fourth-order valence-corrected chi connectivity index (χ4v) is 1.94. The first-order chi connectivity index (χ1) is 10.2. The van der Waals surface area contributed by atoms with E-state index in [-0.39, 0.29) is 6.61 Å². The van der Waals surface area contributed by atoms with Gasteiger partial charge in [-0.1, -0.05) is 48.5 Å². The molecule has 0 amide bonds. The van der Waals surface area contributed by atoms with Crippen molar-refractivity contribution in [3.05, 3.63) is 71.8 Å². The molecule has 0 fully saturated rings. The number of hydrogen-bond donors (Lipinski definition) is 0. The zero-order chi connectivity index (χ0) is 15.1. The van der Waals surface area contributed by atoms with E-state index in [1.54, 1.807) is 36.4 Å². The Labute approximate surface area is 123 Å². The average Bonchev–Trinajstić information content (AvgIpc) is 2.56. The molecule has 4 heteroatoms. The van der Waals surface area contributed by atoms with Crippen molar-refractivity contribution in [3.63, 3.8) is 0 Å². The first kappa shape index (κ1) is 14.8. The number of rotatable bonds is 5. The van der Waals surface area contributed by atoms with Crippen LogP contribution in [0.1, 0.15) is 21.8 Å². The van der Waals surface area contributed by atoms with Crippen LogP contribution in [0, 0.1) is 0 Å². The van der Waals surface area contributed by atoms with Crippen LogP contribution in [-0.2, 0) is 14.3 Å². The fraction of sp³-hybridized carbons (Fsp3) is 0.176. The highest BCUT2D eigenvalue weighted by atomic mass is 16.5. The van der Waals surface area contributed by atoms with E-state index in [0.29, 0.717) is 5.56 Å². The van der Waals surface area contributed by atoms with Gasteiger partial charge in [-0.05, 0) is 17.7 Å². The van der Waals surface area contributed by atoms with Gasteiger partial charge >= 0.3 is 11.9 Å². The lowest BCUT2D eigenvalue weighted by molar-refractivity contribution is -0.143. The van der Waals surface area contributed by atoms with Crippen LogP contribution in [0.2, 0.25) is 0 Å². The third-order valence-electron chi connectivity index (χ3n) is 3.08. The van der Waals surface area contributed by atoms with Crippen LogP contribution >= 0.6 is 0 Å². The van der Waals surface area contributed by atoms with Crippen molar-refractivity contribution >= 4 is 11.9 Å². The van der Waals surface area contributed by atoms with Crippen LogP contribution in [-0.4, -0.2) is 25.7 Å². The summed E-state index contributed by atoms with van der Waals surface area (Å²) in [6.07, 6.45) is 0. The van der Waals surface area contributed by atoms with Gasteiger partial charge in [0.25, 0.3) is 0 Å². The quantitative estimate of drug-likeness (QED) is 0.792. The molecule has 0 heterocycles. The fourth-order valence-electron chi connectivity index (χ4n) is 1.94. The van der Waals surface area contributed by atoms with Crippen molar-refractivity contribution in [2.45, 2.75) is 5.92 Å². The van der Waals surface area contributed by atoms with Gasteiger partial charge in [0.2, 0.25) is 0 Å². The summed E-state index contributed by atoms with van der Waals surface area (Å²) in [5.74, 6) is -1.51. The monoisotopic (exact) mass is 284 g/mol. The Bertz CT molecular complexity index is 593. The Kier molecular flexibility index (Phi) is 5.10. The lowest BCUT2D eigenvalue weighted by Crippen LogP contribution is -2.21. The molecule has 0 saturated carbocycles. The standard InChI is InChI=1S/C17H16O4/c1-20-17(19)15(13-8-4-2-5-9-13)12-21-16(18)14-10-6-3-7-11-14/h2-11,15H,12H2,1H3. The van der Waals surface area contributed by atoms with E-state index in [0.717, 1.165) is 5.56 Å². The van der Waals surface area contributed by atoms with Crippen LogP contribution in [0.25, 0.3) is 0 Å². The molecule has 4 nitrogen and oxygen atoms in total. The molecule has 0 aliphatic heterocycles. The van der Waals surface area contributed by atoms with E-state index in [2.05, 4.69) is 0 Å². The molecule has 0 saturated heterocycles. The van der Waals surface area contributed by atoms with Crippen LogP contribution in [0.4, 0.5) is 0 Å². The number of carbonyl (C=O) groups excluding carboxylic acids is 2. The second-order valence-electron chi connectivity index (χ2n) is 4.45. The van der Waals surface area contributed by atoms with E-state index in [1.807, 2.05) is 24.3 Å². The van der Waals surface area contributed by atoms with Crippen LogP contribution in [0.3, 0.4) is 0 Å². The summed E-state index contributed by atoms with van der Waals surface area (Å²) >= 11 is 0. The van der Waals surface area contributed by atoms with Gasteiger partial charge in [-0.15, -0.1) is 0 Å². The molecule has 0 aliphatic carbocycles. The lowest BCUT2D eigenvalue weighted by atomic mass is 10.0. The highest BCUT2D eigenvalue weighted by Gasteiger charge is 2.23. The average molecular weight is 284 g/mol. The maximum absolute atomic E-state index is 11.9. The van der Waals surface area contributed by atoms with Crippen molar-refractivity contribution in [2.75, 3.05) is 13.7 Å². The van der Waals surface area contributed by atoms with Crippen molar-refractivity contribution in [1.82, 2.24) is 0 Å². The van der Waals surface area contributed by atoms with E-state index >= 15 is 0 Å². The Morgan fingerprint density at radius 3 is 2.10 bits per heavy atom. The summed E-state index contributed by atoms with van der Waals surface area (Å²) < 4.78 is 10.0. The predicted octanol–water partition coefficient (Wildman–Crippen LogP) is 2.80. The van der Waals surface area contributed by atoms with Crippen LogP contribution in [0.5, 0.6) is 0 Å². The van der Waals surface area contributed by atoms with Crippen molar-refractivity contribution < 1.29 is 19.1 Å². The van der Waals surface area contributed by atoms with Gasteiger partial charge in [-0.25, -0.2) is 4.79 Å². The number of benzene rings is 2. The zero-order valence-electron chi connectivity index (χ0n) is 11.7. The summed E-state index contributed by atoms with van der Waals surface area (Å²) in [6.45, 7) is -0.0512. The Balaban J connectivity index is 2.07. The molecule has 0 bridgehead atoms. The Hall–Kier alpha value is -2.62. The third-order valence-corrected chi connectivity index (χ3v) is 3.08. The first-order valence-corrected chi connectivity index (χ1v) is 6.57. The smallest absolute Gasteiger partial charge is 0.338 e. The normalized spacial score (nSPS) is 11.5. The van der Waals surface area contributed by atoms with E-state index < -0.39 is 17.9 Å². The van der Waals surface area contributed by atoms with Gasteiger partial charge < -0.3 is 9.47 Å². The van der Waals surface area contributed by atoms with Crippen LogP contribution in [0.15, 0.2) is 60.7 Å². The Morgan fingerprint density at radius 2 is 1.52 bits per heavy atom. The summed E-state index contributed by atoms with van der Waals surface area (Å²) in [5, 5.41) is 0. The maximum atomic E-state index is 11.9. The Morgan fingerprint density at radius 1 is 0.952 bits per heavy atom. The van der Waals surface area contributed by atoms with Crippen LogP contribution < -0.4 is 0 Å². The summed E-state index contributed by atoms with van der Waals surface area (Å²) in [7, 11) is 1.32. The molecule has 21 heavy (non-hydrogen) atoms. The molecular weight excluding hydrogens is 268 g/mol. The van der Waals surface area contributed by atoms with Gasteiger partial charge in [0.1, 0.15) is 12.5 Å². The van der Waals surface area contributed by atoms with Gasteiger partial charge in [0, 0.05) is 0 Å². The van der Waals surface area contributed by atoms with Crippen molar-refractivity contribution in [3.8, 4) is 0 Å². The molecule has 0 aromatic heterocycles. The molecule has 2 aromatic rings. The third kappa shape index (κ3) is 3.92. The maximum Gasteiger partial charge on any atom is 0.338 e. The number of methoxy groups -OCH3 is 1. The molecule has 2 rings (SSSR count). The largest absolute Gasteiger partial charge is 0.468 e. The van der Waals surface area contributed by atoms with E-state index in [1.165, 1.54) is 7.11 Å². The first-order valence-electron chi connectivity index (χ1n) is 6.57. The molecule has 1 unspecified atom stereocenters. The number of ether oxygens (including phenoxy) is 2. The minimum atomic E-state index is -0.621. The molecule has 0 N–H and O–H groups in total. The second kappa shape index (κ2) is 7.24. The molecule has 108 valence electrons. The minimum absolute atomic E-state index is 0.0512. The number of esters is 2. The highest BCUT2D eigenvalue weighted by Crippen LogP contribution is 2.18. The van der Waals surface area contributed by atoms with Gasteiger partial charge in [-0.3, -0.25) is 4.79 Å². The van der Waals surface area contributed by atoms with Gasteiger partial charge in [0.15, 0.2) is 0 Å². The molecule has 0 spiro atoms. The zero-order valence-corrected chi connectivity index (χ0v) is 11.7. The molecule has 0 radical (unpaired) electrons. The highest BCUT2D eigenvalue weighted by molar-refractivity contribution is 5.89.